The van der Waals surface area contributed by atoms with E-state index in [4.69, 9.17) is 4.42 Å². The van der Waals surface area contributed by atoms with Gasteiger partial charge in [-0.05, 0) is 42.9 Å². The molecule has 2 aromatic rings. The van der Waals surface area contributed by atoms with Crippen LogP contribution in [0.15, 0.2) is 22.6 Å². The minimum Gasteiger partial charge on any atom is -0.441 e. The monoisotopic (exact) mass is 272 g/mol. The number of benzene rings is 1. The van der Waals surface area contributed by atoms with E-state index in [1.54, 1.807) is 0 Å². The number of nitrogens with zero attached hydrogens (tertiary/aromatic N) is 1. The predicted octanol–water partition coefficient (Wildman–Crippen LogP) is 4.76. The van der Waals surface area contributed by atoms with Crippen molar-refractivity contribution in [3.63, 3.8) is 0 Å². The highest BCUT2D eigenvalue weighted by molar-refractivity contribution is 5.77. The Hall–Kier alpha value is -1.51. The summed E-state index contributed by atoms with van der Waals surface area (Å²) in [6.45, 7) is 6.58. The lowest BCUT2D eigenvalue weighted by molar-refractivity contribution is 0.264. The number of fused-ring (bicyclic) bond motifs is 1. The van der Waals surface area contributed by atoms with E-state index in [-0.39, 0.29) is 0 Å². The summed E-state index contributed by atoms with van der Waals surface area (Å²) in [6, 6.07) is 6.82. The molecule has 20 heavy (non-hydrogen) atoms. The summed E-state index contributed by atoms with van der Waals surface area (Å²) in [5.74, 6) is 2.38. The van der Waals surface area contributed by atoms with E-state index in [1.807, 2.05) is 13.0 Å². The van der Waals surface area contributed by atoms with Crippen LogP contribution in [0.4, 0.5) is 5.69 Å². The van der Waals surface area contributed by atoms with Gasteiger partial charge in [-0.1, -0.05) is 26.7 Å². The Morgan fingerprint density at radius 1 is 1.30 bits per heavy atom. The fourth-order valence-electron chi connectivity index (χ4n) is 3.33. The van der Waals surface area contributed by atoms with Crippen LogP contribution in [-0.2, 0) is 0 Å². The zero-order valence-corrected chi connectivity index (χ0v) is 12.6. The van der Waals surface area contributed by atoms with Gasteiger partial charge in [0.1, 0.15) is 5.52 Å². The molecule has 1 aromatic heterocycles. The highest BCUT2D eigenvalue weighted by Gasteiger charge is 2.24. The molecule has 3 nitrogen and oxygen atoms in total. The number of aryl methyl sites for hydroxylation is 1. The van der Waals surface area contributed by atoms with Gasteiger partial charge in [-0.25, -0.2) is 4.98 Å². The second kappa shape index (κ2) is 5.47. The molecule has 0 spiro atoms. The molecule has 0 amide bonds. The van der Waals surface area contributed by atoms with Crippen LogP contribution in [0.1, 0.15) is 45.4 Å². The lowest BCUT2D eigenvalue weighted by Gasteiger charge is -2.32. The maximum atomic E-state index is 5.52. The Kier molecular flexibility index (Phi) is 3.68. The lowest BCUT2D eigenvalue weighted by atomic mass is 9.79. The van der Waals surface area contributed by atoms with Crippen molar-refractivity contribution in [3.05, 3.63) is 24.1 Å². The van der Waals surface area contributed by atoms with Gasteiger partial charge in [0.05, 0.1) is 0 Å². The van der Waals surface area contributed by atoms with E-state index in [1.165, 1.54) is 31.4 Å². The Bertz CT molecular complexity index is 588. The van der Waals surface area contributed by atoms with Crippen LogP contribution in [0.25, 0.3) is 11.1 Å². The van der Waals surface area contributed by atoms with E-state index < -0.39 is 0 Å². The molecule has 1 fully saturated rings. The van der Waals surface area contributed by atoms with Crippen LogP contribution < -0.4 is 5.32 Å². The molecule has 1 aromatic carbocycles. The molecule has 1 aliphatic carbocycles. The average Bonchev–Trinajstić information content (AvgIpc) is 2.78. The number of hydrogen-bond acceptors (Lipinski definition) is 3. The van der Waals surface area contributed by atoms with E-state index in [9.17, 15) is 0 Å². The van der Waals surface area contributed by atoms with Crippen LogP contribution in [0.3, 0.4) is 0 Å². The minimum atomic E-state index is 0.599. The molecule has 0 radical (unpaired) electrons. The highest BCUT2D eigenvalue weighted by atomic mass is 16.3. The van der Waals surface area contributed by atoms with E-state index in [2.05, 4.69) is 36.3 Å². The molecular weight excluding hydrogens is 248 g/mol. The van der Waals surface area contributed by atoms with Crippen LogP contribution in [0, 0.1) is 18.8 Å². The third-order valence-electron chi connectivity index (χ3n) is 4.52. The summed E-state index contributed by atoms with van der Waals surface area (Å²) in [7, 11) is 0. The molecule has 0 bridgehead atoms. The van der Waals surface area contributed by atoms with E-state index >= 15 is 0 Å². The normalized spacial score (nSPS) is 23.4. The van der Waals surface area contributed by atoms with Crippen molar-refractivity contribution >= 4 is 16.8 Å². The summed E-state index contributed by atoms with van der Waals surface area (Å²) in [5.41, 5.74) is 2.99. The van der Waals surface area contributed by atoms with Gasteiger partial charge < -0.3 is 9.73 Å². The number of oxazole rings is 1. The Morgan fingerprint density at radius 3 is 2.95 bits per heavy atom. The van der Waals surface area contributed by atoms with Crippen LogP contribution in [0.5, 0.6) is 0 Å². The largest absolute Gasteiger partial charge is 0.441 e. The van der Waals surface area contributed by atoms with Crippen molar-refractivity contribution in [3.8, 4) is 0 Å². The van der Waals surface area contributed by atoms with Crippen molar-refractivity contribution in [2.45, 2.75) is 52.5 Å². The smallest absolute Gasteiger partial charge is 0.192 e. The first-order valence-electron chi connectivity index (χ1n) is 7.75. The van der Waals surface area contributed by atoms with Gasteiger partial charge in [-0.3, -0.25) is 0 Å². The number of anilines is 1. The first-order chi connectivity index (χ1) is 9.61. The molecule has 1 heterocycles. The first kappa shape index (κ1) is 13.5. The summed E-state index contributed by atoms with van der Waals surface area (Å²) < 4.78 is 5.52. The zero-order valence-electron chi connectivity index (χ0n) is 12.6. The topological polar surface area (TPSA) is 38.1 Å². The van der Waals surface area contributed by atoms with Gasteiger partial charge in [0.15, 0.2) is 11.5 Å². The SMILES string of the molecule is Cc1nc2cc(NC3CCCC(C(C)C)C3)ccc2o1. The maximum absolute atomic E-state index is 5.52. The molecule has 2 atom stereocenters. The summed E-state index contributed by atoms with van der Waals surface area (Å²) in [6.07, 6.45) is 5.29. The highest BCUT2D eigenvalue weighted by Crippen LogP contribution is 2.32. The van der Waals surface area contributed by atoms with Gasteiger partial charge in [0, 0.05) is 18.7 Å². The lowest BCUT2D eigenvalue weighted by Crippen LogP contribution is -2.29. The van der Waals surface area contributed by atoms with Gasteiger partial charge in [-0.15, -0.1) is 0 Å². The van der Waals surface area contributed by atoms with Crippen molar-refractivity contribution in [2.75, 3.05) is 5.32 Å². The Balaban J connectivity index is 1.72. The number of nitrogens with one attached hydrogen (secondary N) is 1. The van der Waals surface area contributed by atoms with Crippen molar-refractivity contribution in [2.24, 2.45) is 11.8 Å². The van der Waals surface area contributed by atoms with Gasteiger partial charge in [0.25, 0.3) is 0 Å². The maximum Gasteiger partial charge on any atom is 0.192 e. The zero-order chi connectivity index (χ0) is 14.1. The van der Waals surface area contributed by atoms with Gasteiger partial charge in [0.2, 0.25) is 0 Å². The molecule has 0 saturated heterocycles. The molecule has 3 rings (SSSR count). The number of aromatic nitrogens is 1. The quantitative estimate of drug-likeness (QED) is 0.875. The van der Waals surface area contributed by atoms with Gasteiger partial charge in [-0.2, -0.15) is 0 Å². The minimum absolute atomic E-state index is 0.599. The predicted molar refractivity (Wildman–Crippen MR) is 83.0 cm³/mol. The fourth-order valence-corrected chi connectivity index (χ4v) is 3.33. The number of hydrogen-bond donors (Lipinski definition) is 1. The van der Waals surface area contributed by atoms with E-state index in [0.717, 1.165) is 28.8 Å². The molecule has 1 aliphatic rings. The van der Waals surface area contributed by atoms with Crippen molar-refractivity contribution < 1.29 is 4.42 Å². The van der Waals surface area contributed by atoms with E-state index in [0.29, 0.717) is 6.04 Å². The Labute approximate surface area is 120 Å². The molecular formula is C17H24N2O. The van der Waals surface area contributed by atoms with Gasteiger partial charge >= 0.3 is 0 Å². The van der Waals surface area contributed by atoms with Crippen molar-refractivity contribution in [1.29, 1.82) is 0 Å². The standard InChI is InChI=1S/C17H24N2O/c1-11(2)13-5-4-6-14(9-13)19-15-7-8-17-16(10-15)18-12(3)20-17/h7-8,10-11,13-14,19H,4-6,9H2,1-3H3. The molecule has 108 valence electrons. The number of rotatable bonds is 3. The third kappa shape index (κ3) is 2.82. The fraction of sp³-hybridized carbons (Fsp3) is 0.588. The molecule has 0 aliphatic heterocycles. The summed E-state index contributed by atoms with van der Waals surface area (Å²) in [4.78, 5) is 4.40. The van der Waals surface area contributed by atoms with Crippen LogP contribution in [-0.4, -0.2) is 11.0 Å². The average molecular weight is 272 g/mol. The summed E-state index contributed by atoms with van der Waals surface area (Å²) >= 11 is 0. The molecule has 2 unspecified atom stereocenters. The first-order valence-corrected chi connectivity index (χ1v) is 7.75. The van der Waals surface area contributed by atoms with Crippen LogP contribution >= 0.6 is 0 Å². The molecule has 1 saturated carbocycles. The third-order valence-corrected chi connectivity index (χ3v) is 4.52. The second-order valence-corrected chi connectivity index (χ2v) is 6.43. The Morgan fingerprint density at radius 2 is 2.15 bits per heavy atom. The summed E-state index contributed by atoms with van der Waals surface area (Å²) in [5, 5.41) is 3.69. The second-order valence-electron chi connectivity index (χ2n) is 6.43. The molecule has 1 N–H and O–H groups in total. The van der Waals surface area contributed by atoms with Crippen LogP contribution in [0.2, 0.25) is 0 Å². The molecule has 3 heteroatoms. The van der Waals surface area contributed by atoms with Crippen molar-refractivity contribution in [1.82, 2.24) is 4.98 Å².